The Morgan fingerprint density at radius 3 is 2.41 bits per heavy atom. The predicted molar refractivity (Wildman–Crippen MR) is 82.0 cm³/mol. The number of hydrogen-bond acceptors (Lipinski definition) is 2. The van der Waals surface area contributed by atoms with Gasteiger partial charge in [0.15, 0.2) is 18.2 Å². The molecule has 22 heavy (non-hydrogen) atoms. The number of nitrogens with one attached hydrogen (secondary N) is 1. The third kappa shape index (κ3) is 4.22. The fraction of sp³-hybridized carbons (Fsp3) is 0.0714. The molecule has 0 bridgehead atoms. The number of halogens is 5. The van der Waals surface area contributed by atoms with Crippen molar-refractivity contribution in [3.63, 3.8) is 0 Å². The predicted octanol–water partition coefficient (Wildman–Crippen LogP) is 4.94. The highest BCUT2D eigenvalue weighted by Crippen LogP contribution is 2.32. The monoisotopic (exact) mass is 365 g/mol. The van der Waals surface area contributed by atoms with E-state index in [2.05, 4.69) is 5.32 Å². The molecule has 8 heteroatoms. The van der Waals surface area contributed by atoms with Crippen molar-refractivity contribution in [3.05, 3.63) is 57.0 Å². The zero-order chi connectivity index (χ0) is 16.3. The van der Waals surface area contributed by atoms with Gasteiger partial charge in [0.05, 0.1) is 20.8 Å². The summed E-state index contributed by atoms with van der Waals surface area (Å²) in [6.45, 7) is -0.487. The molecule has 0 unspecified atom stereocenters. The molecule has 1 amide bonds. The molecule has 0 saturated heterocycles. The number of benzene rings is 2. The fourth-order valence-electron chi connectivity index (χ4n) is 1.54. The topological polar surface area (TPSA) is 38.3 Å². The van der Waals surface area contributed by atoms with Gasteiger partial charge in [-0.25, -0.2) is 8.78 Å². The molecule has 0 heterocycles. The minimum absolute atomic E-state index is 0.190. The van der Waals surface area contributed by atoms with Crippen LogP contribution in [-0.2, 0) is 4.79 Å². The van der Waals surface area contributed by atoms with Crippen LogP contribution < -0.4 is 10.1 Å². The van der Waals surface area contributed by atoms with Crippen LogP contribution in [0.3, 0.4) is 0 Å². The normalized spacial score (nSPS) is 10.4. The molecule has 0 aliphatic rings. The molecule has 0 aliphatic heterocycles. The summed E-state index contributed by atoms with van der Waals surface area (Å²) >= 11 is 17.5. The van der Waals surface area contributed by atoms with E-state index in [0.29, 0.717) is 6.07 Å². The van der Waals surface area contributed by atoms with Gasteiger partial charge in [-0.15, -0.1) is 0 Å². The Morgan fingerprint density at radius 2 is 1.73 bits per heavy atom. The zero-order valence-electron chi connectivity index (χ0n) is 10.8. The Bertz CT molecular complexity index is 725. The van der Waals surface area contributed by atoms with Gasteiger partial charge in [0, 0.05) is 6.07 Å². The molecule has 3 nitrogen and oxygen atoms in total. The summed E-state index contributed by atoms with van der Waals surface area (Å²) in [6, 6.07) is 5.52. The van der Waals surface area contributed by atoms with Crippen molar-refractivity contribution in [2.75, 3.05) is 11.9 Å². The summed E-state index contributed by atoms with van der Waals surface area (Å²) in [7, 11) is 0. The first-order chi connectivity index (χ1) is 10.4. The van der Waals surface area contributed by atoms with Crippen LogP contribution in [0.4, 0.5) is 14.5 Å². The highest BCUT2D eigenvalue weighted by Gasteiger charge is 2.11. The lowest BCUT2D eigenvalue weighted by molar-refractivity contribution is -0.118. The second-order valence-electron chi connectivity index (χ2n) is 4.16. The molecule has 0 aliphatic carbocycles. The molecule has 2 aromatic carbocycles. The molecule has 0 fully saturated rings. The molecule has 0 saturated carbocycles. The van der Waals surface area contributed by atoms with E-state index in [1.165, 1.54) is 12.1 Å². The van der Waals surface area contributed by atoms with Gasteiger partial charge in [-0.05, 0) is 24.3 Å². The Kier molecular flexibility index (Phi) is 5.45. The molecule has 2 aromatic rings. The van der Waals surface area contributed by atoms with Gasteiger partial charge >= 0.3 is 0 Å². The average molecular weight is 367 g/mol. The van der Waals surface area contributed by atoms with E-state index in [4.69, 9.17) is 39.5 Å². The maximum Gasteiger partial charge on any atom is 0.262 e. The van der Waals surface area contributed by atoms with E-state index in [1.807, 2.05) is 0 Å². The highest BCUT2D eigenvalue weighted by atomic mass is 35.5. The van der Waals surface area contributed by atoms with Crippen molar-refractivity contribution < 1.29 is 18.3 Å². The molecule has 1 N–H and O–H groups in total. The van der Waals surface area contributed by atoms with Crippen LogP contribution in [0.1, 0.15) is 0 Å². The van der Waals surface area contributed by atoms with Gasteiger partial charge < -0.3 is 10.1 Å². The summed E-state index contributed by atoms with van der Waals surface area (Å²) in [4.78, 5) is 11.7. The first-order valence-corrected chi connectivity index (χ1v) is 7.02. The second kappa shape index (κ2) is 7.13. The van der Waals surface area contributed by atoms with Crippen molar-refractivity contribution in [3.8, 4) is 5.75 Å². The molecule has 116 valence electrons. The van der Waals surface area contributed by atoms with E-state index in [0.717, 1.165) is 12.1 Å². The lowest BCUT2D eigenvalue weighted by atomic mass is 10.3. The number of hydrogen-bond donors (Lipinski definition) is 1. The molecular formula is C14H8Cl3F2NO2. The molecule has 0 radical (unpaired) electrons. The van der Waals surface area contributed by atoms with Crippen LogP contribution in [0, 0.1) is 11.6 Å². The van der Waals surface area contributed by atoms with Gasteiger partial charge in [-0.1, -0.05) is 34.8 Å². The third-order valence-electron chi connectivity index (χ3n) is 2.54. The molecule has 0 atom stereocenters. The van der Waals surface area contributed by atoms with Crippen molar-refractivity contribution in [1.29, 1.82) is 0 Å². The standard InChI is InChI=1S/C14H8Cl3F2NO2/c15-8-4-10(17)12(5-9(8)16)20-14(21)6-22-13-2-1-7(18)3-11(13)19/h1-5H,6H2,(H,20,21). The van der Waals surface area contributed by atoms with Gasteiger partial charge in [-0.3, -0.25) is 4.79 Å². The van der Waals surface area contributed by atoms with Crippen LogP contribution in [0.2, 0.25) is 15.1 Å². The van der Waals surface area contributed by atoms with Crippen molar-refractivity contribution in [1.82, 2.24) is 0 Å². The Labute approximate surface area is 139 Å². The van der Waals surface area contributed by atoms with Gasteiger partial charge in [-0.2, -0.15) is 0 Å². The van der Waals surface area contributed by atoms with E-state index in [9.17, 15) is 13.6 Å². The lowest BCUT2D eigenvalue weighted by Gasteiger charge is -2.10. The second-order valence-corrected chi connectivity index (χ2v) is 5.38. The Morgan fingerprint density at radius 1 is 1.05 bits per heavy atom. The Hall–Kier alpha value is -1.56. The van der Waals surface area contributed by atoms with Crippen molar-refractivity contribution >= 4 is 46.4 Å². The minimum atomic E-state index is -0.902. The quantitative estimate of drug-likeness (QED) is 0.778. The number of carbonyl (C=O) groups excluding carboxylic acids is 1. The maximum absolute atomic E-state index is 13.3. The number of anilines is 1. The minimum Gasteiger partial charge on any atom is -0.481 e. The van der Waals surface area contributed by atoms with E-state index < -0.39 is 24.1 Å². The molecule has 0 aromatic heterocycles. The van der Waals surface area contributed by atoms with Gasteiger partial charge in [0.1, 0.15) is 5.82 Å². The number of carbonyl (C=O) groups is 1. The van der Waals surface area contributed by atoms with Crippen molar-refractivity contribution in [2.24, 2.45) is 0 Å². The fourth-order valence-corrected chi connectivity index (χ4v) is 2.13. The van der Waals surface area contributed by atoms with E-state index in [1.54, 1.807) is 0 Å². The SMILES string of the molecule is O=C(COc1ccc(F)cc1F)Nc1cc(Cl)c(Cl)cc1Cl. The van der Waals surface area contributed by atoms with Crippen LogP contribution in [0.25, 0.3) is 0 Å². The van der Waals surface area contributed by atoms with E-state index >= 15 is 0 Å². The number of rotatable bonds is 4. The third-order valence-corrected chi connectivity index (χ3v) is 3.57. The summed E-state index contributed by atoms with van der Waals surface area (Å²) < 4.78 is 31.0. The van der Waals surface area contributed by atoms with Crippen LogP contribution in [0.5, 0.6) is 5.75 Å². The summed E-state index contributed by atoms with van der Waals surface area (Å²) in [5, 5.41) is 3.09. The van der Waals surface area contributed by atoms with Gasteiger partial charge in [0.25, 0.3) is 5.91 Å². The lowest BCUT2D eigenvalue weighted by Crippen LogP contribution is -2.20. The number of ether oxygens (including phenoxy) is 1. The summed E-state index contributed by atoms with van der Waals surface area (Å²) in [5.41, 5.74) is 0.240. The van der Waals surface area contributed by atoms with E-state index in [-0.39, 0.29) is 26.5 Å². The van der Waals surface area contributed by atoms with Gasteiger partial charge in [0.2, 0.25) is 0 Å². The zero-order valence-corrected chi connectivity index (χ0v) is 13.1. The number of amides is 1. The Balaban J connectivity index is 2.00. The smallest absolute Gasteiger partial charge is 0.262 e. The van der Waals surface area contributed by atoms with Crippen molar-refractivity contribution in [2.45, 2.75) is 0 Å². The van der Waals surface area contributed by atoms with Crippen LogP contribution >= 0.6 is 34.8 Å². The average Bonchev–Trinajstić information content (AvgIpc) is 2.44. The largest absolute Gasteiger partial charge is 0.481 e. The summed E-state index contributed by atoms with van der Waals surface area (Å²) in [6.07, 6.45) is 0. The molecular weight excluding hydrogens is 359 g/mol. The first-order valence-electron chi connectivity index (χ1n) is 5.89. The molecule has 0 spiro atoms. The maximum atomic E-state index is 13.3. The first kappa shape index (κ1) is 16.8. The highest BCUT2D eigenvalue weighted by molar-refractivity contribution is 6.44. The molecule has 2 rings (SSSR count). The summed E-state index contributed by atoms with van der Waals surface area (Å²) in [5.74, 6) is -2.47. The van der Waals surface area contributed by atoms with Crippen LogP contribution in [0.15, 0.2) is 30.3 Å². The van der Waals surface area contributed by atoms with Crippen LogP contribution in [-0.4, -0.2) is 12.5 Å².